The Kier molecular flexibility index (Phi) is 30.1. The molecule has 0 aliphatic heterocycles. The predicted octanol–water partition coefficient (Wildman–Crippen LogP) is 4.14. The zero-order valence-corrected chi connectivity index (χ0v) is 22.7. The van der Waals surface area contributed by atoms with E-state index in [1.807, 2.05) is 62.3 Å². The molecule has 0 rings (SSSR count). The highest BCUT2D eigenvalue weighted by Gasteiger charge is 2.15. The Labute approximate surface area is 201 Å². The van der Waals surface area contributed by atoms with E-state index in [1.54, 1.807) is 7.05 Å². The Balaban J connectivity index is -0.000000355. The van der Waals surface area contributed by atoms with Crippen LogP contribution in [-0.4, -0.2) is 61.1 Å². The summed E-state index contributed by atoms with van der Waals surface area (Å²) < 4.78 is 5.12. The zero-order valence-electron chi connectivity index (χ0n) is 22.7. The number of carbonyl (C=O) groups is 4. The van der Waals surface area contributed by atoms with Crippen molar-refractivity contribution in [2.45, 2.75) is 106 Å². The number of aldehydes is 1. The monoisotopic (exact) mass is 477 g/mol. The van der Waals surface area contributed by atoms with Gasteiger partial charge in [-0.2, -0.15) is 0 Å². The van der Waals surface area contributed by atoms with Gasteiger partial charge in [-0.15, -0.1) is 0 Å². The molecule has 9 heteroatoms. The van der Waals surface area contributed by atoms with E-state index in [1.165, 1.54) is 0 Å². The van der Waals surface area contributed by atoms with Crippen molar-refractivity contribution < 1.29 is 29.0 Å². The Morgan fingerprint density at radius 2 is 1.55 bits per heavy atom. The van der Waals surface area contributed by atoms with Crippen molar-refractivity contribution >= 4 is 24.3 Å². The first-order valence-electron chi connectivity index (χ1n) is 12.0. The summed E-state index contributed by atoms with van der Waals surface area (Å²) in [4.78, 5) is 43.6. The van der Waals surface area contributed by atoms with Gasteiger partial charge in [-0.25, -0.2) is 4.79 Å². The van der Waals surface area contributed by atoms with Crippen molar-refractivity contribution in [2.75, 3.05) is 20.1 Å². The summed E-state index contributed by atoms with van der Waals surface area (Å²) in [5.74, 6) is -0.551. The lowest BCUT2D eigenvalue weighted by Gasteiger charge is -2.19. The average molecular weight is 478 g/mol. The standard InChI is InChI=1S/C17H32N2O4.C3H7NO2.2C2H6/c1-13(2)11-14(12-20)19-15(21)9-7-6-8-10-18-16(22)23-17(3,4)5;1-4-2-3(5)6;2*1-2/h12-14H,6-11H2,1-5H3,(H,18,22)(H,19,21);4H,2H2,1H3,(H,5,6);2*1-2H3. The van der Waals surface area contributed by atoms with Crippen LogP contribution in [-0.2, 0) is 19.1 Å². The topological polar surface area (TPSA) is 134 Å². The van der Waals surface area contributed by atoms with Crippen LogP contribution in [0.4, 0.5) is 4.79 Å². The second kappa shape index (κ2) is 26.1. The maximum absolute atomic E-state index is 11.7. The molecular formula is C24H51N3O6. The molecule has 0 aromatic heterocycles. The van der Waals surface area contributed by atoms with E-state index in [2.05, 4.69) is 16.0 Å². The number of hydrogen-bond donors (Lipinski definition) is 4. The van der Waals surface area contributed by atoms with Gasteiger partial charge in [-0.3, -0.25) is 9.59 Å². The Bertz CT molecular complexity index is 491. The van der Waals surface area contributed by atoms with Gasteiger partial charge in [0, 0.05) is 13.0 Å². The van der Waals surface area contributed by atoms with Gasteiger partial charge in [0.1, 0.15) is 11.9 Å². The third-order valence-electron chi connectivity index (χ3n) is 3.31. The molecule has 1 atom stereocenters. The lowest BCUT2D eigenvalue weighted by molar-refractivity contribution is -0.135. The van der Waals surface area contributed by atoms with Gasteiger partial charge < -0.3 is 30.6 Å². The van der Waals surface area contributed by atoms with Crippen molar-refractivity contribution in [1.82, 2.24) is 16.0 Å². The van der Waals surface area contributed by atoms with E-state index >= 15 is 0 Å². The van der Waals surface area contributed by atoms with Gasteiger partial charge in [-0.05, 0) is 53.0 Å². The van der Waals surface area contributed by atoms with Gasteiger partial charge in [0.15, 0.2) is 0 Å². The van der Waals surface area contributed by atoms with Gasteiger partial charge in [0.2, 0.25) is 5.91 Å². The van der Waals surface area contributed by atoms with Crippen LogP contribution >= 0.6 is 0 Å². The van der Waals surface area contributed by atoms with Crippen LogP contribution in [0, 0.1) is 5.92 Å². The van der Waals surface area contributed by atoms with E-state index in [-0.39, 0.29) is 12.5 Å². The highest BCUT2D eigenvalue weighted by atomic mass is 16.6. The lowest BCUT2D eigenvalue weighted by Crippen LogP contribution is -2.36. The van der Waals surface area contributed by atoms with E-state index in [0.717, 1.165) is 25.5 Å². The smallest absolute Gasteiger partial charge is 0.407 e. The Morgan fingerprint density at radius 3 is 1.91 bits per heavy atom. The van der Waals surface area contributed by atoms with Crippen LogP contribution in [0.5, 0.6) is 0 Å². The fourth-order valence-corrected chi connectivity index (χ4v) is 2.18. The summed E-state index contributed by atoms with van der Waals surface area (Å²) >= 11 is 0. The Hall–Kier alpha value is -2.16. The first-order valence-corrected chi connectivity index (χ1v) is 12.0. The number of carboxylic acids is 1. The van der Waals surface area contributed by atoms with Gasteiger partial charge >= 0.3 is 12.1 Å². The molecule has 9 nitrogen and oxygen atoms in total. The van der Waals surface area contributed by atoms with Crippen LogP contribution in [0.15, 0.2) is 0 Å². The number of hydrogen-bond acceptors (Lipinski definition) is 6. The average Bonchev–Trinajstić information content (AvgIpc) is 2.71. The predicted molar refractivity (Wildman–Crippen MR) is 134 cm³/mol. The lowest BCUT2D eigenvalue weighted by atomic mass is 10.0. The third-order valence-corrected chi connectivity index (χ3v) is 3.31. The molecule has 198 valence electrons. The fourth-order valence-electron chi connectivity index (χ4n) is 2.18. The van der Waals surface area contributed by atoms with Crippen LogP contribution in [0.1, 0.15) is 94.4 Å². The molecule has 0 spiro atoms. The molecule has 0 aromatic rings. The largest absolute Gasteiger partial charge is 0.480 e. The summed E-state index contributed by atoms with van der Waals surface area (Å²) in [6.45, 7) is 18.0. The fraction of sp³-hybridized carbons (Fsp3) is 0.833. The molecule has 2 amide bonds. The first kappa shape index (κ1) is 38.1. The number of rotatable bonds is 12. The number of nitrogens with one attached hydrogen (secondary N) is 3. The maximum Gasteiger partial charge on any atom is 0.407 e. The van der Waals surface area contributed by atoms with E-state index in [0.29, 0.717) is 25.3 Å². The number of carboxylic acid groups (broad SMARTS) is 1. The zero-order chi connectivity index (χ0) is 26.9. The van der Waals surface area contributed by atoms with Crippen LogP contribution in [0.2, 0.25) is 0 Å². The molecule has 4 N–H and O–H groups in total. The van der Waals surface area contributed by atoms with Crippen molar-refractivity contribution in [2.24, 2.45) is 5.92 Å². The second-order valence-electron chi connectivity index (χ2n) is 8.10. The molecule has 0 saturated carbocycles. The van der Waals surface area contributed by atoms with Crippen molar-refractivity contribution in [3.8, 4) is 0 Å². The summed E-state index contributed by atoms with van der Waals surface area (Å²) in [6.07, 6.45) is 3.79. The van der Waals surface area contributed by atoms with E-state index in [9.17, 15) is 19.2 Å². The SMILES string of the molecule is CC.CC.CC(C)CC(C=O)NC(=O)CCCCCNC(=O)OC(C)(C)C.CNCC(=O)O. The first-order chi connectivity index (χ1) is 15.4. The van der Waals surface area contributed by atoms with E-state index < -0.39 is 23.7 Å². The number of amides is 2. The van der Waals surface area contributed by atoms with Crippen LogP contribution < -0.4 is 16.0 Å². The van der Waals surface area contributed by atoms with Crippen LogP contribution in [0.25, 0.3) is 0 Å². The minimum absolute atomic E-state index is 0.0417. The molecule has 0 fully saturated rings. The highest BCUT2D eigenvalue weighted by Crippen LogP contribution is 2.07. The summed E-state index contributed by atoms with van der Waals surface area (Å²) in [7, 11) is 1.59. The molecule has 1 unspecified atom stereocenters. The molecule has 33 heavy (non-hydrogen) atoms. The number of aliphatic carboxylic acids is 1. The normalized spacial score (nSPS) is 10.6. The summed E-state index contributed by atoms with van der Waals surface area (Å²) in [5, 5.41) is 15.7. The van der Waals surface area contributed by atoms with Crippen LogP contribution in [0.3, 0.4) is 0 Å². The molecule has 0 heterocycles. The van der Waals surface area contributed by atoms with Gasteiger partial charge in [-0.1, -0.05) is 48.0 Å². The third kappa shape index (κ3) is 37.5. The molecule has 0 aliphatic carbocycles. The minimum atomic E-state index is -0.822. The number of carbonyl (C=O) groups excluding carboxylic acids is 3. The second-order valence-corrected chi connectivity index (χ2v) is 8.10. The number of unbranched alkanes of at least 4 members (excludes halogenated alkanes) is 2. The molecule has 0 aliphatic rings. The minimum Gasteiger partial charge on any atom is -0.480 e. The van der Waals surface area contributed by atoms with Crippen molar-refractivity contribution in [1.29, 1.82) is 0 Å². The Morgan fingerprint density at radius 1 is 1.00 bits per heavy atom. The van der Waals surface area contributed by atoms with Crippen molar-refractivity contribution in [3.05, 3.63) is 0 Å². The molecule has 0 aromatic carbocycles. The van der Waals surface area contributed by atoms with Crippen molar-refractivity contribution in [3.63, 3.8) is 0 Å². The summed E-state index contributed by atoms with van der Waals surface area (Å²) in [5.41, 5.74) is -0.493. The maximum atomic E-state index is 11.7. The summed E-state index contributed by atoms with van der Waals surface area (Å²) in [6, 6.07) is -0.392. The quantitative estimate of drug-likeness (QED) is 0.245. The molecule has 0 bridgehead atoms. The molecule has 0 saturated heterocycles. The van der Waals surface area contributed by atoms with E-state index in [4.69, 9.17) is 9.84 Å². The molecule has 0 radical (unpaired) electrons. The molecular weight excluding hydrogens is 426 g/mol. The van der Waals surface area contributed by atoms with Gasteiger partial charge in [0.25, 0.3) is 0 Å². The number of alkyl carbamates (subject to hydrolysis) is 1. The highest BCUT2D eigenvalue weighted by molar-refractivity contribution is 5.79. The number of likely N-dealkylation sites (N-methyl/N-ethyl adjacent to an activating group) is 1. The number of ether oxygens (including phenoxy) is 1. The van der Waals surface area contributed by atoms with Gasteiger partial charge in [0.05, 0.1) is 12.6 Å².